The standard InChI is InChI=1S/C18H37NO2.H2O/c1-4-5-6-7-8-9-10-11-12-13-14-18(2,3)17(21)19-15-16-20;/h20H,4-16H2,1-3H3,(H,19,21);1H2. The fourth-order valence-corrected chi connectivity index (χ4v) is 2.65. The SMILES string of the molecule is CCCCCCCCCCCCC(C)(C)C(=O)[NH2+]CCO.[OH-]. The van der Waals surface area contributed by atoms with Crippen LogP contribution in [0, 0.1) is 5.41 Å². The van der Waals surface area contributed by atoms with Crippen LogP contribution in [0.4, 0.5) is 0 Å². The molecule has 0 radical (unpaired) electrons. The van der Waals surface area contributed by atoms with Gasteiger partial charge in [-0.2, -0.15) is 0 Å². The Bertz CT molecular complexity index is 255. The Kier molecular flexibility index (Phi) is 16.7. The number of quaternary nitrogens is 1. The number of unbranched alkanes of at least 4 members (excludes halogenated alkanes) is 9. The highest BCUT2D eigenvalue weighted by atomic mass is 16.3. The maximum Gasteiger partial charge on any atom is 0.316 e. The summed E-state index contributed by atoms with van der Waals surface area (Å²) in [5, 5.41) is 10.4. The lowest BCUT2D eigenvalue weighted by Gasteiger charge is -2.19. The van der Waals surface area contributed by atoms with E-state index in [1.807, 2.05) is 13.8 Å². The van der Waals surface area contributed by atoms with E-state index in [-0.39, 0.29) is 23.4 Å². The Hall–Kier alpha value is -0.450. The molecule has 0 aliphatic carbocycles. The van der Waals surface area contributed by atoms with E-state index in [1.54, 1.807) is 5.32 Å². The summed E-state index contributed by atoms with van der Waals surface area (Å²) in [5.74, 6) is 0.187. The summed E-state index contributed by atoms with van der Waals surface area (Å²) in [6.45, 7) is 6.86. The van der Waals surface area contributed by atoms with Gasteiger partial charge in [0.1, 0.15) is 6.54 Å². The number of rotatable bonds is 14. The van der Waals surface area contributed by atoms with Crippen LogP contribution < -0.4 is 5.32 Å². The molecule has 0 aromatic heterocycles. The first-order valence-electron chi connectivity index (χ1n) is 9.03. The zero-order valence-electron chi connectivity index (χ0n) is 15.1. The van der Waals surface area contributed by atoms with E-state index >= 15 is 0 Å². The minimum Gasteiger partial charge on any atom is -0.870 e. The summed E-state index contributed by atoms with van der Waals surface area (Å²) < 4.78 is 0. The molecule has 0 aromatic rings. The maximum absolute atomic E-state index is 11.9. The van der Waals surface area contributed by atoms with Crippen molar-refractivity contribution in [2.75, 3.05) is 13.2 Å². The predicted molar refractivity (Wildman–Crippen MR) is 91.1 cm³/mol. The van der Waals surface area contributed by atoms with Crippen molar-refractivity contribution < 1.29 is 20.7 Å². The molecular weight excluding hydrogens is 278 g/mol. The third-order valence-corrected chi connectivity index (χ3v) is 4.28. The first kappa shape index (κ1) is 23.8. The van der Waals surface area contributed by atoms with Crippen molar-refractivity contribution in [2.45, 2.75) is 91.4 Å². The molecule has 4 N–H and O–H groups in total. The maximum atomic E-state index is 11.9. The fraction of sp³-hybridized carbons (Fsp3) is 0.944. The van der Waals surface area contributed by atoms with Crippen molar-refractivity contribution in [2.24, 2.45) is 5.41 Å². The number of primary amides is 1. The lowest BCUT2D eigenvalue weighted by Crippen LogP contribution is -2.91. The molecule has 4 heteroatoms. The number of aliphatic hydroxyl groups is 1. The molecule has 0 bridgehead atoms. The number of carbonyl (C=O) groups excluding carboxylic acids is 1. The van der Waals surface area contributed by atoms with Crippen LogP contribution in [0.15, 0.2) is 0 Å². The molecule has 0 atom stereocenters. The molecule has 0 aliphatic heterocycles. The van der Waals surface area contributed by atoms with Crippen LogP contribution in [0.1, 0.15) is 91.4 Å². The molecule has 0 aromatic carbocycles. The molecule has 0 saturated heterocycles. The Balaban J connectivity index is 0. The topological polar surface area (TPSA) is 83.9 Å². The zero-order chi connectivity index (χ0) is 16.0. The number of carbonyl (C=O) groups is 1. The Morgan fingerprint density at radius 2 is 1.36 bits per heavy atom. The number of hydrogen-bond acceptors (Lipinski definition) is 3. The van der Waals surface area contributed by atoms with Crippen LogP contribution in [-0.4, -0.2) is 29.6 Å². The van der Waals surface area contributed by atoms with Crippen molar-refractivity contribution in [3.05, 3.63) is 0 Å². The highest BCUT2D eigenvalue weighted by Gasteiger charge is 2.30. The molecule has 22 heavy (non-hydrogen) atoms. The molecule has 0 unspecified atom stereocenters. The zero-order valence-corrected chi connectivity index (χ0v) is 15.1. The normalized spacial score (nSPS) is 11.3. The first-order valence-corrected chi connectivity index (χ1v) is 9.03. The number of amides is 1. The van der Waals surface area contributed by atoms with Gasteiger partial charge in [-0.05, 0) is 20.3 Å². The first-order chi connectivity index (χ1) is 10.0. The van der Waals surface area contributed by atoms with E-state index in [9.17, 15) is 4.79 Å². The van der Waals surface area contributed by atoms with Gasteiger partial charge in [0.15, 0.2) is 0 Å². The van der Waals surface area contributed by atoms with Crippen LogP contribution >= 0.6 is 0 Å². The second kappa shape index (κ2) is 15.4. The quantitative estimate of drug-likeness (QED) is 0.482. The number of nitrogens with two attached hydrogens (primary N) is 1. The second-order valence-corrected chi connectivity index (χ2v) is 6.90. The molecular formula is C18H39NO3. The summed E-state index contributed by atoms with van der Waals surface area (Å²) in [4.78, 5) is 11.9. The van der Waals surface area contributed by atoms with Crippen molar-refractivity contribution in [1.29, 1.82) is 0 Å². The van der Waals surface area contributed by atoms with Gasteiger partial charge in [0.05, 0.1) is 12.0 Å². The van der Waals surface area contributed by atoms with Gasteiger partial charge < -0.3 is 10.6 Å². The van der Waals surface area contributed by atoms with E-state index < -0.39 is 0 Å². The molecule has 134 valence electrons. The van der Waals surface area contributed by atoms with Crippen LogP contribution in [0.2, 0.25) is 0 Å². The molecule has 0 saturated carbocycles. The van der Waals surface area contributed by atoms with Gasteiger partial charge in [0.25, 0.3) is 0 Å². The molecule has 0 rings (SSSR count). The predicted octanol–water partition coefficient (Wildman–Crippen LogP) is 3.23. The molecule has 0 spiro atoms. The lowest BCUT2D eigenvalue weighted by atomic mass is 9.85. The summed E-state index contributed by atoms with van der Waals surface area (Å²) in [7, 11) is 0. The monoisotopic (exact) mass is 317 g/mol. The summed E-state index contributed by atoms with van der Waals surface area (Å²) in [6, 6.07) is 0. The van der Waals surface area contributed by atoms with Crippen molar-refractivity contribution in [3.8, 4) is 0 Å². The third-order valence-electron chi connectivity index (χ3n) is 4.28. The third kappa shape index (κ3) is 13.2. The van der Waals surface area contributed by atoms with Crippen LogP contribution in [0.25, 0.3) is 0 Å². The van der Waals surface area contributed by atoms with E-state index in [1.165, 1.54) is 57.8 Å². The highest BCUT2D eigenvalue weighted by molar-refractivity contribution is 5.72. The smallest absolute Gasteiger partial charge is 0.316 e. The van der Waals surface area contributed by atoms with Crippen molar-refractivity contribution in [1.82, 2.24) is 0 Å². The molecule has 0 heterocycles. The van der Waals surface area contributed by atoms with E-state index in [2.05, 4.69) is 6.92 Å². The van der Waals surface area contributed by atoms with Crippen molar-refractivity contribution in [3.63, 3.8) is 0 Å². The Morgan fingerprint density at radius 1 is 0.909 bits per heavy atom. The van der Waals surface area contributed by atoms with Crippen LogP contribution in [-0.2, 0) is 4.79 Å². The number of aliphatic hydroxyl groups excluding tert-OH is 1. The summed E-state index contributed by atoms with van der Waals surface area (Å²) >= 11 is 0. The van der Waals surface area contributed by atoms with Crippen LogP contribution in [0.3, 0.4) is 0 Å². The number of hydrogen-bond donors (Lipinski definition) is 2. The van der Waals surface area contributed by atoms with E-state index in [4.69, 9.17) is 5.11 Å². The minimum absolute atomic E-state index is 0. The average molecular weight is 318 g/mol. The summed E-state index contributed by atoms with van der Waals surface area (Å²) in [5.41, 5.74) is -0.255. The molecule has 0 fully saturated rings. The lowest BCUT2D eigenvalue weighted by molar-refractivity contribution is -0.576. The minimum atomic E-state index is -0.255. The van der Waals surface area contributed by atoms with E-state index in [0.717, 1.165) is 12.8 Å². The summed E-state index contributed by atoms with van der Waals surface area (Å²) in [6.07, 6.45) is 14.3. The van der Waals surface area contributed by atoms with Crippen molar-refractivity contribution >= 4 is 5.91 Å². The molecule has 4 nitrogen and oxygen atoms in total. The highest BCUT2D eigenvalue weighted by Crippen LogP contribution is 2.23. The Labute approximate surface area is 137 Å². The Morgan fingerprint density at radius 3 is 1.82 bits per heavy atom. The van der Waals surface area contributed by atoms with Gasteiger partial charge in [-0.1, -0.05) is 71.1 Å². The largest absolute Gasteiger partial charge is 0.870 e. The van der Waals surface area contributed by atoms with Gasteiger partial charge in [-0.3, -0.25) is 5.32 Å². The van der Waals surface area contributed by atoms with E-state index in [0.29, 0.717) is 6.54 Å². The van der Waals surface area contributed by atoms with Gasteiger partial charge in [-0.15, -0.1) is 0 Å². The fourth-order valence-electron chi connectivity index (χ4n) is 2.65. The average Bonchev–Trinajstić information content (AvgIpc) is 2.46. The van der Waals surface area contributed by atoms with Gasteiger partial charge in [-0.25, -0.2) is 4.79 Å². The molecule has 1 amide bonds. The molecule has 0 aliphatic rings. The van der Waals surface area contributed by atoms with Gasteiger partial charge in [0.2, 0.25) is 0 Å². The van der Waals surface area contributed by atoms with Crippen LogP contribution in [0.5, 0.6) is 0 Å². The van der Waals surface area contributed by atoms with Gasteiger partial charge >= 0.3 is 5.91 Å². The second-order valence-electron chi connectivity index (χ2n) is 6.90. The van der Waals surface area contributed by atoms with Gasteiger partial charge in [0, 0.05) is 0 Å².